The Hall–Kier alpha value is -3.77. The van der Waals surface area contributed by atoms with Gasteiger partial charge < -0.3 is 15.4 Å². The van der Waals surface area contributed by atoms with E-state index in [0.717, 1.165) is 11.3 Å². The summed E-state index contributed by atoms with van der Waals surface area (Å²) in [5.74, 6) is 0.181. The fraction of sp³-hybridized carbons (Fsp3) is 0.105. The number of rotatable bonds is 6. The Labute approximate surface area is 146 Å². The topological polar surface area (TPSA) is 97.9 Å². The molecule has 0 aromatic heterocycles. The van der Waals surface area contributed by atoms with Crippen LogP contribution in [0.25, 0.3) is 0 Å². The van der Waals surface area contributed by atoms with Gasteiger partial charge in [-0.05, 0) is 29.8 Å². The molecule has 0 saturated heterocycles. The summed E-state index contributed by atoms with van der Waals surface area (Å²) >= 11 is 0. The summed E-state index contributed by atoms with van der Waals surface area (Å²) in [6.07, 6.45) is 1.36. The summed E-state index contributed by atoms with van der Waals surface area (Å²) in [4.78, 5) is 12.2. The van der Waals surface area contributed by atoms with E-state index >= 15 is 0 Å². The largest absolute Gasteiger partial charge is 0.497 e. The standard InChI is InChI=1S/C19H16N4O2/c1-25-17-8-6-14(7-9-17)12-22-13-16(11-21)19(24)23-18-5-3-2-4-15(18)10-20/h2-9,13,22H,12H2,1H3,(H,23,24)/b16-13-. The van der Waals surface area contributed by atoms with Gasteiger partial charge in [0.1, 0.15) is 23.5 Å². The van der Waals surface area contributed by atoms with Crippen LogP contribution in [0.15, 0.2) is 60.3 Å². The number of hydrogen-bond acceptors (Lipinski definition) is 5. The molecule has 0 bridgehead atoms. The predicted molar refractivity (Wildman–Crippen MR) is 93.3 cm³/mol. The summed E-state index contributed by atoms with van der Waals surface area (Å²) in [6, 6.07) is 17.9. The molecule has 1 amide bonds. The number of nitrogens with one attached hydrogen (secondary N) is 2. The zero-order chi connectivity index (χ0) is 18.1. The maximum absolute atomic E-state index is 12.2. The molecule has 2 aromatic rings. The number of carbonyl (C=O) groups excluding carboxylic acids is 1. The minimum absolute atomic E-state index is 0.0822. The highest BCUT2D eigenvalue weighted by molar-refractivity contribution is 6.07. The van der Waals surface area contributed by atoms with Gasteiger partial charge in [-0.1, -0.05) is 24.3 Å². The molecule has 0 fully saturated rings. The van der Waals surface area contributed by atoms with Gasteiger partial charge in [-0.25, -0.2) is 0 Å². The van der Waals surface area contributed by atoms with Crippen molar-refractivity contribution in [3.63, 3.8) is 0 Å². The summed E-state index contributed by atoms with van der Waals surface area (Å²) in [5.41, 5.74) is 1.59. The molecular weight excluding hydrogens is 316 g/mol. The number of para-hydroxylation sites is 1. The molecule has 25 heavy (non-hydrogen) atoms. The maximum atomic E-state index is 12.2. The second kappa shape index (κ2) is 8.76. The second-order valence-corrected chi connectivity index (χ2v) is 5.01. The number of nitrogens with zero attached hydrogens (tertiary/aromatic N) is 2. The van der Waals surface area contributed by atoms with Crippen LogP contribution in [0.5, 0.6) is 5.75 Å². The monoisotopic (exact) mass is 332 g/mol. The van der Waals surface area contributed by atoms with Gasteiger partial charge in [-0.15, -0.1) is 0 Å². The highest BCUT2D eigenvalue weighted by atomic mass is 16.5. The summed E-state index contributed by atoms with van der Waals surface area (Å²) < 4.78 is 5.08. The summed E-state index contributed by atoms with van der Waals surface area (Å²) in [6.45, 7) is 0.456. The van der Waals surface area contributed by atoms with Crippen molar-refractivity contribution in [2.75, 3.05) is 12.4 Å². The fourth-order valence-electron chi connectivity index (χ4n) is 2.04. The number of nitriles is 2. The van der Waals surface area contributed by atoms with Crippen molar-refractivity contribution in [3.05, 3.63) is 71.4 Å². The third-order valence-electron chi connectivity index (χ3n) is 3.37. The van der Waals surface area contributed by atoms with E-state index in [9.17, 15) is 4.79 Å². The number of carbonyl (C=O) groups is 1. The molecule has 124 valence electrons. The normalized spacial score (nSPS) is 10.3. The predicted octanol–water partition coefficient (Wildman–Crippen LogP) is 2.70. The molecule has 0 aliphatic rings. The fourth-order valence-corrected chi connectivity index (χ4v) is 2.04. The van der Waals surface area contributed by atoms with Crippen molar-refractivity contribution in [2.45, 2.75) is 6.54 Å². The van der Waals surface area contributed by atoms with E-state index in [4.69, 9.17) is 15.3 Å². The minimum atomic E-state index is -0.576. The van der Waals surface area contributed by atoms with Gasteiger partial charge in [0.25, 0.3) is 5.91 Å². The van der Waals surface area contributed by atoms with Crippen LogP contribution in [0, 0.1) is 22.7 Å². The zero-order valence-corrected chi connectivity index (χ0v) is 13.6. The van der Waals surface area contributed by atoms with Gasteiger partial charge in [-0.3, -0.25) is 4.79 Å². The molecule has 0 atom stereocenters. The molecule has 6 nitrogen and oxygen atoms in total. The Morgan fingerprint density at radius 3 is 2.52 bits per heavy atom. The van der Waals surface area contributed by atoms with Crippen LogP contribution in [0.2, 0.25) is 0 Å². The van der Waals surface area contributed by atoms with Crippen LogP contribution in [-0.2, 0) is 11.3 Å². The molecule has 2 rings (SSSR count). The lowest BCUT2D eigenvalue weighted by molar-refractivity contribution is -0.112. The third kappa shape index (κ3) is 4.85. The molecule has 6 heteroatoms. The molecule has 0 heterocycles. The number of amides is 1. The minimum Gasteiger partial charge on any atom is -0.497 e. The first-order valence-corrected chi connectivity index (χ1v) is 7.45. The van der Waals surface area contributed by atoms with Crippen molar-refractivity contribution in [1.82, 2.24) is 5.32 Å². The van der Waals surface area contributed by atoms with E-state index in [-0.39, 0.29) is 5.57 Å². The van der Waals surface area contributed by atoms with Crippen molar-refractivity contribution in [1.29, 1.82) is 10.5 Å². The van der Waals surface area contributed by atoms with E-state index < -0.39 is 5.91 Å². The van der Waals surface area contributed by atoms with Crippen LogP contribution in [0.3, 0.4) is 0 Å². The number of hydrogen-bond donors (Lipinski definition) is 2. The molecule has 2 N–H and O–H groups in total. The van der Waals surface area contributed by atoms with Gasteiger partial charge in [0.2, 0.25) is 0 Å². The van der Waals surface area contributed by atoms with Crippen LogP contribution >= 0.6 is 0 Å². The van der Waals surface area contributed by atoms with E-state index in [1.165, 1.54) is 6.20 Å². The van der Waals surface area contributed by atoms with Crippen LogP contribution in [0.4, 0.5) is 5.69 Å². The van der Waals surface area contributed by atoms with Gasteiger partial charge in [0.05, 0.1) is 18.4 Å². The lowest BCUT2D eigenvalue weighted by atomic mass is 10.2. The molecule has 0 unspecified atom stereocenters. The first-order valence-electron chi connectivity index (χ1n) is 7.45. The molecular formula is C19H16N4O2. The van der Waals surface area contributed by atoms with Gasteiger partial charge in [-0.2, -0.15) is 10.5 Å². The molecule has 0 radical (unpaired) electrons. The number of anilines is 1. The molecule has 0 spiro atoms. The molecule has 0 aliphatic heterocycles. The second-order valence-electron chi connectivity index (χ2n) is 5.01. The van der Waals surface area contributed by atoms with E-state index in [2.05, 4.69) is 10.6 Å². The summed E-state index contributed by atoms with van der Waals surface area (Å²) in [7, 11) is 1.60. The van der Waals surface area contributed by atoms with Crippen molar-refractivity contribution in [3.8, 4) is 17.9 Å². The van der Waals surface area contributed by atoms with E-state index in [0.29, 0.717) is 17.8 Å². The van der Waals surface area contributed by atoms with Crippen molar-refractivity contribution in [2.24, 2.45) is 0 Å². The van der Waals surface area contributed by atoms with E-state index in [1.807, 2.05) is 36.4 Å². The number of methoxy groups -OCH3 is 1. The van der Waals surface area contributed by atoms with Crippen molar-refractivity contribution < 1.29 is 9.53 Å². The molecule has 0 aliphatic carbocycles. The summed E-state index contributed by atoms with van der Waals surface area (Å²) in [5, 5.41) is 23.7. The highest BCUT2D eigenvalue weighted by Crippen LogP contribution is 2.14. The van der Waals surface area contributed by atoms with Gasteiger partial charge >= 0.3 is 0 Å². The van der Waals surface area contributed by atoms with Crippen LogP contribution in [-0.4, -0.2) is 13.0 Å². The smallest absolute Gasteiger partial charge is 0.267 e. The lowest BCUT2D eigenvalue weighted by Crippen LogP contribution is -2.17. The van der Waals surface area contributed by atoms with Crippen molar-refractivity contribution >= 4 is 11.6 Å². The molecule has 2 aromatic carbocycles. The first-order chi connectivity index (χ1) is 12.2. The van der Waals surface area contributed by atoms with Crippen LogP contribution in [0.1, 0.15) is 11.1 Å². The van der Waals surface area contributed by atoms with Gasteiger partial charge in [0.15, 0.2) is 0 Å². The quantitative estimate of drug-likeness (QED) is 0.626. The molecule has 0 saturated carbocycles. The van der Waals surface area contributed by atoms with Crippen LogP contribution < -0.4 is 15.4 Å². The van der Waals surface area contributed by atoms with E-state index in [1.54, 1.807) is 31.4 Å². The Morgan fingerprint density at radius 2 is 1.88 bits per heavy atom. The number of benzene rings is 2. The average Bonchev–Trinajstić information content (AvgIpc) is 2.66. The Kier molecular flexibility index (Phi) is 6.16. The maximum Gasteiger partial charge on any atom is 0.267 e. The Bertz CT molecular complexity index is 858. The zero-order valence-electron chi connectivity index (χ0n) is 13.6. The highest BCUT2D eigenvalue weighted by Gasteiger charge is 2.11. The average molecular weight is 332 g/mol. The van der Waals surface area contributed by atoms with Gasteiger partial charge in [0, 0.05) is 12.7 Å². The SMILES string of the molecule is COc1ccc(CN/C=C(/C#N)C(=O)Nc2ccccc2C#N)cc1. The Morgan fingerprint density at radius 1 is 1.16 bits per heavy atom. The third-order valence-corrected chi connectivity index (χ3v) is 3.37. The first kappa shape index (κ1) is 17.6. The Balaban J connectivity index is 2.00. The lowest BCUT2D eigenvalue weighted by Gasteiger charge is -2.07. The number of ether oxygens (including phenoxy) is 1.